The van der Waals surface area contributed by atoms with Crippen LogP contribution in [0, 0.1) is 0 Å². The van der Waals surface area contributed by atoms with Gasteiger partial charge in [0.05, 0.1) is 11.7 Å². The van der Waals surface area contributed by atoms with Gasteiger partial charge in [0.2, 0.25) is 0 Å². The number of nitrogens with one attached hydrogen (secondary N) is 2. The molecule has 0 radical (unpaired) electrons. The number of hydrogen-bond acceptors (Lipinski definition) is 4. The Bertz CT molecular complexity index is 1010. The minimum Gasteiger partial charge on any atom is -0.506 e. The number of H-pyrrole nitrogens is 1. The Morgan fingerprint density at radius 1 is 1.21 bits per heavy atom. The fourth-order valence-corrected chi connectivity index (χ4v) is 2.44. The van der Waals surface area contributed by atoms with Crippen LogP contribution in [0.4, 0.5) is 0 Å². The number of nitrogens with zero attached hydrogens (tertiary/aromatic N) is 1. The molecule has 0 spiro atoms. The Labute approximate surface area is 141 Å². The summed E-state index contributed by atoms with van der Waals surface area (Å²) >= 11 is 5.85. The molecular formula is C17H12ClN3O3. The third kappa shape index (κ3) is 3.13. The number of aromatic amines is 1. The summed E-state index contributed by atoms with van der Waals surface area (Å²) in [4.78, 5) is 26.7. The van der Waals surface area contributed by atoms with Gasteiger partial charge >= 0.3 is 0 Å². The molecular weight excluding hydrogens is 330 g/mol. The van der Waals surface area contributed by atoms with Gasteiger partial charge in [-0.15, -0.1) is 0 Å². The molecule has 120 valence electrons. The summed E-state index contributed by atoms with van der Waals surface area (Å²) in [7, 11) is 0. The molecule has 3 rings (SSSR count). The Morgan fingerprint density at radius 3 is 2.79 bits per heavy atom. The highest BCUT2D eigenvalue weighted by atomic mass is 35.5. The minimum absolute atomic E-state index is 0.376. The molecule has 0 aliphatic rings. The number of benzene rings is 2. The lowest BCUT2D eigenvalue weighted by Crippen LogP contribution is -2.26. The Hall–Kier alpha value is -3.12. The van der Waals surface area contributed by atoms with Gasteiger partial charge in [0.1, 0.15) is 11.3 Å². The van der Waals surface area contributed by atoms with Crippen LogP contribution in [0.15, 0.2) is 58.4 Å². The molecule has 1 amide bonds. The quantitative estimate of drug-likeness (QED) is 0.505. The predicted octanol–water partition coefficient (Wildman–Crippen LogP) is 2.65. The molecule has 3 N–H and O–H groups in total. The van der Waals surface area contributed by atoms with Gasteiger partial charge in [-0.3, -0.25) is 9.59 Å². The van der Waals surface area contributed by atoms with Gasteiger partial charge < -0.3 is 10.1 Å². The molecule has 0 unspecified atom stereocenters. The number of aromatic nitrogens is 1. The average molecular weight is 342 g/mol. The number of amides is 1. The largest absolute Gasteiger partial charge is 0.506 e. The summed E-state index contributed by atoms with van der Waals surface area (Å²) < 4.78 is 0. The van der Waals surface area contributed by atoms with E-state index >= 15 is 0 Å². The van der Waals surface area contributed by atoms with E-state index in [0.717, 1.165) is 0 Å². The highest BCUT2D eigenvalue weighted by Crippen LogP contribution is 2.24. The van der Waals surface area contributed by atoms with E-state index in [2.05, 4.69) is 15.5 Å². The smallest absolute Gasteiger partial charge is 0.280 e. The first-order valence-corrected chi connectivity index (χ1v) is 7.37. The number of hydrogen-bond donors (Lipinski definition) is 3. The maximum Gasteiger partial charge on any atom is 0.280 e. The lowest BCUT2D eigenvalue weighted by molar-refractivity contribution is 0.0951. The van der Waals surface area contributed by atoms with Crippen molar-refractivity contribution in [2.24, 2.45) is 5.10 Å². The van der Waals surface area contributed by atoms with E-state index in [1.54, 1.807) is 48.5 Å². The van der Waals surface area contributed by atoms with E-state index in [-0.39, 0.29) is 5.75 Å². The summed E-state index contributed by atoms with van der Waals surface area (Å²) in [6, 6.07) is 13.5. The summed E-state index contributed by atoms with van der Waals surface area (Å²) in [6.07, 6.45) is 1.38. The number of carbonyl (C=O) groups is 1. The highest BCUT2D eigenvalue weighted by molar-refractivity contribution is 6.30. The standard InChI is InChI=1S/C17H12ClN3O3/c18-11-5-3-4-10(8-11)9-19-21-17(24)14-15(22)12-6-1-2-7-13(12)20-16(14)23/h1-9H,(H,21,24)(H2,20,22,23). The topological polar surface area (TPSA) is 94.5 Å². The van der Waals surface area contributed by atoms with Crippen LogP contribution in [0.5, 0.6) is 5.75 Å². The van der Waals surface area contributed by atoms with Crippen LogP contribution in [-0.2, 0) is 0 Å². The Balaban J connectivity index is 1.88. The molecule has 0 atom stereocenters. The zero-order valence-electron chi connectivity index (χ0n) is 12.3. The maximum atomic E-state index is 12.2. The van der Waals surface area contributed by atoms with Crippen molar-refractivity contribution in [2.75, 3.05) is 0 Å². The molecule has 2 aromatic carbocycles. The fraction of sp³-hybridized carbons (Fsp3) is 0. The first-order chi connectivity index (χ1) is 11.6. The van der Waals surface area contributed by atoms with E-state index in [4.69, 9.17) is 11.6 Å². The SMILES string of the molecule is O=C(NN=Cc1cccc(Cl)c1)c1c(O)c2ccccc2[nH]c1=O. The molecule has 0 saturated heterocycles. The van der Waals surface area contributed by atoms with Crippen LogP contribution in [0.2, 0.25) is 5.02 Å². The van der Waals surface area contributed by atoms with E-state index in [0.29, 0.717) is 21.5 Å². The lowest BCUT2D eigenvalue weighted by atomic mass is 10.1. The van der Waals surface area contributed by atoms with Gasteiger partial charge in [-0.1, -0.05) is 35.9 Å². The van der Waals surface area contributed by atoms with Crippen molar-refractivity contribution >= 4 is 34.6 Å². The van der Waals surface area contributed by atoms with Crippen molar-refractivity contribution in [2.45, 2.75) is 0 Å². The number of rotatable bonds is 3. The van der Waals surface area contributed by atoms with E-state index < -0.39 is 17.0 Å². The molecule has 7 heteroatoms. The van der Waals surface area contributed by atoms with Gasteiger partial charge in [0.15, 0.2) is 0 Å². The molecule has 1 aromatic heterocycles. The van der Waals surface area contributed by atoms with Crippen molar-refractivity contribution in [1.29, 1.82) is 0 Å². The van der Waals surface area contributed by atoms with Crippen LogP contribution in [0.25, 0.3) is 10.9 Å². The highest BCUT2D eigenvalue weighted by Gasteiger charge is 2.18. The molecule has 0 bridgehead atoms. The third-order valence-corrected chi connectivity index (χ3v) is 3.58. The second kappa shape index (κ2) is 6.55. The number of pyridine rings is 1. The third-order valence-electron chi connectivity index (χ3n) is 3.35. The molecule has 0 saturated carbocycles. The fourth-order valence-electron chi connectivity index (χ4n) is 2.24. The molecule has 1 heterocycles. The zero-order valence-corrected chi connectivity index (χ0v) is 13.0. The normalized spacial score (nSPS) is 11.0. The molecule has 3 aromatic rings. The van der Waals surface area contributed by atoms with Crippen molar-refractivity contribution in [3.8, 4) is 5.75 Å². The number of halogens is 1. The second-order valence-electron chi connectivity index (χ2n) is 4.98. The van der Waals surface area contributed by atoms with Crippen LogP contribution >= 0.6 is 11.6 Å². The molecule has 0 aliphatic carbocycles. The van der Waals surface area contributed by atoms with E-state index in [1.165, 1.54) is 6.21 Å². The van der Waals surface area contributed by atoms with E-state index in [9.17, 15) is 14.7 Å². The zero-order chi connectivity index (χ0) is 17.1. The second-order valence-corrected chi connectivity index (χ2v) is 5.41. The van der Waals surface area contributed by atoms with Gasteiger partial charge in [-0.05, 0) is 29.8 Å². The maximum absolute atomic E-state index is 12.2. The van der Waals surface area contributed by atoms with Crippen LogP contribution in [0.1, 0.15) is 15.9 Å². The van der Waals surface area contributed by atoms with Crippen LogP contribution < -0.4 is 11.0 Å². The molecule has 24 heavy (non-hydrogen) atoms. The lowest BCUT2D eigenvalue weighted by Gasteiger charge is -2.05. The van der Waals surface area contributed by atoms with Crippen LogP contribution in [-0.4, -0.2) is 22.2 Å². The Kier molecular flexibility index (Phi) is 4.31. The summed E-state index contributed by atoms with van der Waals surface area (Å²) in [5.41, 5.74) is 2.26. The Morgan fingerprint density at radius 2 is 2.00 bits per heavy atom. The van der Waals surface area contributed by atoms with Crippen molar-refractivity contribution in [1.82, 2.24) is 10.4 Å². The predicted molar refractivity (Wildman–Crippen MR) is 92.7 cm³/mol. The minimum atomic E-state index is -0.808. The number of fused-ring (bicyclic) bond motifs is 1. The van der Waals surface area contributed by atoms with Gasteiger partial charge in [-0.25, -0.2) is 5.43 Å². The van der Waals surface area contributed by atoms with Gasteiger partial charge in [-0.2, -0.15) is 5.10 Å². The summed E-state index contributed by atoms with van der Waals surface area (Å²) in [6.45, 7) is 0. The van der Waals surface area contributed by atoms with Crippen molar-refractivity contribution in [3.63, 3.8) is 0 Å². The first-order valence-electron chi connectivity index (χ1n) is 6.99. The molecule has 0 aliphatic heterocycles. The van der Waals surface area contributed by atoms with Crippen molar-refractivity contribution < 1.29 is 9.90 Å². The monoisotopic (exact) mass is 341 g/mol. The number of carbonyl (C=O) groups excluding carboxylic acids is 1. The summed E-state index contributed by atoms with van der Waals surface area (Å²) in [5.74, 6) is -1.19. The average Bonchev–Trinajstić information content (AvgIpc) is 2.55. The van der Waals surface area contributed by atoms with Gasteiger partial charge in [0.25, 0.3) is 11.5 Å². The molecule has 6 nitrogen and oxygen atoms in total. The van der Waals surface area contributed by atoms with Crippen LogP contribution in [0.3, 0.4) is 0 Å². The van der Waals surface area contributed by atoms with E-state index in [1.807, 2.05) is 0 Å². The van der Waals surface area contributed by atoms with Gasteiger partial charge in [0, 0.05) is 10.4 Å². The number of para-hydroxylation sites is 1. The summed E-state index contributed by atoms with van der Waals surface area (Å²) in [5, 5.41) is 14.9. The molecule has 0 fully saturated rings. The first kappa shape index (κ1) is 15.8. The number of hydrazone groups is 1. The number of aromatic hydroxyl groups is 1. The van der Waals surface area contributed by atoms with Crippen molar-refractivity contribution in [3.05, 3.63) is 75.0 Å².